The molecule has 3 N–H and O–H groups in total. The number of aromatic nitrogens is 2. The average Bonchev–Trinajstić information content (AvgIpc) is 2.27. The molecule has 1 aliphatic carbocycles. The Balaban J connectivity index is 2.11. The molecule has 1 saturated carbocycles. The number of anilines is 1. The Morgan fingerprint density at radius 1 is 1.56 bits per heavy atom. The van der Waals surface area contributed by atoms with Gasteiger partial charge in [0.15, 0.2) is 5.82 Å². The highest BCUT2D eigenvalue weighted by Gasteiger charge is 2.50. The lowest BCUT2D eigenvalue weighted by molar-refractivity contribution is -0.127. The van der Waals surface area contributed by atoms with Crippen molar-refractivity contribution in [3.8, 4) is 0 Å². The molecule has 0 saturated heterocycles. The van der Waals surface area contributed by atoms with Crippen molar-refractivity contribution in [1.29, 1.82) is 0 Å². The molecule has 1 amide bonds. The van der Waals surface area contributed by atoms with Gasteiger partial charge in [0.1, 0.15) is 4.60 Å². The van der Waals surface area contributed by atoms with Crippen molar-refractivity contribution in [3.05, 3.63) is 17.0 Å². The molecule has 1 heterocycles. The SMILES string of the molecule is CC1CC(C(=O)Nc2cnc(Br)cn2)(C(N)=S)C1. The zero-order valence-corrected chi connectivity index (χ0v) is 12.2. The highest BCUT2D eigenvalue weighted by molar-refractivity contribution is 9.10. The Morgan fingerprint density at radius 2 is 2.22 bits per heavy atom. The van der Waals surface area contributed by atoms with Gasteiger partial charge in [-0.25, -0.2) is 9.97 Å². The summed E-state index contributed by atoms with van der Waals surface area (Å²) in [4.78, 5) is 20.5. The number of carbonyl (C=O) groups is 1. The number of thiocarbonyl (C=S) groups is 1. The lowest BCUT2D eigenvalue weighted by Crippen LogP contribution is -2.53. The predicted octanol–water partition coefficient (Wildman–Crippen LogP) is 1.88. The van der Waals surface area contributed by atoms with Gasteiger partial charge in [0, 0.05) is 0 Å². The molecule has 1 aromatic rings. The minimum atomic E-state index is -0.719. The van der Waals surface area contributed by atoms with E-state index >= 15 is 0 Å². The van der Waals surface area contributed by atoms with Crippen LogP contribution in [0, 0.1) is 11.3 Å². The summed E-state index contributed by atoms with van der Waals surface area (Å²) in [5.41, 5.74) is 4.98. The zero-order chi connectivity index (χ0) is 13.3. The third-order valence-corrected chi connectivity index (χ3v) is 3.96. The van der Waals surface area contributed by atoms with Gasteiger partial charge in [-0.3, -0.25) is 4.79 Å². The Labute approximate surface area is 119 Å². The lowest BCUT2D eigenvalue weighted by Gasteiger charge is -2.43. The second-order valence-electron chi connectivity index (χ2n) is 4.64. The number of halogens is 1. The number of hydrogen-bond acceptors (Lipinski definition) is 4. The molecule has 0 radical (unpaired) electrons. The van der Waals surface area contributed by atoms with Crippen LogP contribution in [0.4, 0.5) is 5.82 Å². The summed E-state index contributed by atoms with van der Waals surface area (Å²) in [7, 11) is 0. The second-order valence-corrected chi connectivity index (χ2v) is 5.89. The molecule has 1 aliphatic rings. The number of rotatable bonds is 3. The summed E-state index contributed by atoms with van der Waals surface area (Å²) < 4.78 is 0.613. The van der Waals surface area contributed by atoms with Crippen LogP contribution in [0.2, 0.25) is 0 Å². The van der Waals surface area contributed by atoms with Gasteiger partial charge in [-0.2, -0.15) is 0 Å². The highest BCUT2D eigenvalue weighted by atomic mass is 79.9. The van der Waals surface area contributed by atoms with E-state index in [2.05, 4.69) is 38.1 Å². The number of nitrogens with one attached hydrogen (secondary N) is 1. The Bertz CT molecular complexity index is 484. The molecule has 18 heavy (non-hydrogen) atoms. The third kappa shape index (κ3) is 2.37. The number of carbonyl (C=O) groups excluding carboxylic acids is 1. The van der Waals surface area contributed by atoms with Gasteiger partial charge in [0.25, 0.3) is 0 Å². The summed E-state index contributed by atoms with van der Waals surface area (Å²) >= 11 is 8.20. The van der Waals surface area contributed by atoms with Crippen molar-refractivity contribution in [2.24, 2.45) is 17.1 Å². The summed E-state index contributed by atoms with van der Waals surface area (Å²) in [5.74, 6) is 0.677. The predicted molar refractivity (Wildman–Crippen MR) is 76.0 cm³/mol. The van der Waals surface area contributed by atoms with Crippen molar-refractivity contribution in [3.63, 3.8) is 0 Å². The molecule has 96 valence electrons. The van der Waals surface area contributed by atoms with E-state index in [9.17, 15) is 4.79 Å². The number of hydrogen-bond donors (Lipinski definition) is 2. The topological polar surface area (TPSA) is 80.9 Å². The Kier molecular flexibility index (Phi) is 3.63. The quantitative estimate of drug-likeness (QED) is 0.828. The van der Waals surface area contributed by atoms with Crippen LogP contribution in [0.15, 0.2) is 17.0 Å². The van der Waals surface area contributed by atoms with Gasteiger partial charge in [-0.05, 0) is 34.7 Å². The van der Waals surface area contributed by atoms with Crippen LogP contribution in [-0.2, 0) is 4.79 Å². The molecule has 2 rings (SSSR count). The fraction of sp³-hybridized carbons (Fsp3) is 0.455. The molecule has 0 bridgehead atoms. The highest BCUT2D eigenvalue weighted by Crippen LogP contribution is 2.46. The molecule has 0 unspecified atom stereocenters. The van der Waals surface area contributed by atoms with Crippen molar-refractivity contribution in [1.82, 2.24) is 9.97 Å². The molecule has 0 aromatic carbocycles. The van der Waals surface area contributed by atoms with Gasteiger partial charge in [-0.15, -0.1) is 0 Å². The molecular weight excluding hydrogens is 316 g/mol. The second kappa shape index (κ2) is 4.89. The Hall–Kier alpha value is -1.08. The summed E-state index contributed by atoms with van der Waals surface area (Å²) in [6.45, 7) is 2.07. The van der Waals surface area contributed by atoms with Crippen LogP contribution >= 0.6 is 28.1 Å². The van der Waals surface area contributed by atoms with Crippen LogP contribution in [0.3, 0.4) is 0 Å². The minimum absolute atomic E-state index is 0.190. The fourth-order valence-electron chi connectivity index (χ4n) is 2.24. The maximum absolute atomic E-state index is 12.2. The van der Waals surface area contributed by atoms with E-state index in [1.54, 1.807) is 0 Å². The van der Waals surface area contributed by atoms with Gasteiger partial charge in [0.05, 0.1) is 22.8 Å². The van der Waals surface area contributed by atoms with Crippen molar-refractivity contribution >= 4 is 44.9 Å². The van der Waals surface area contributed by atoms with E-state index in [1.807, 2.05) is 0 Å². The van der Waals surface area contributed by atoms with E-state index in [1.165, 1.54) is 12.4 Å². The molecule has 1 aromatic heterocycles. The van der Waals surface area contributed by atoms with Crippen LogP contribution in [0.25, 0.3) is 0 Å². The zero-order valence-electron chi connectivity index (χ0n) is 9.81. The molecule has 7 heteroatoms. The van der Waals surface area contributed by atoms with Gasteiger partial charge in [-0.1, -0.05) is 19.1 Å². The molecule has 0 spiro atoms. The van der Waals surface area contributed by atoms with Gasteiger partial charge in [0.2, 0.25) is 5.91 Å². The third-order valence-electron chi connectivity index (χ3n) is 3.16. The number of nitrogens with two attached hydrogens (primary N) is 1. The summed E-state index contributed by atoms with van der Waals surface area (Å²) in [6.07, 6.45) is 4.39. The molecule has 1 fully saturated rings. The maximum atomic E-state index is 12.2. The minimum Gasteiger partial charge on any atom is -0.392 e. The molecule has 5 nitrogen and oxygen atoms in total. The molecular formula is C11H13BrN4OS. The van der Waals surface area contributed by atoms with Crippen molar-refractivity contribution in [2.75, 3.05) is 5.32 Å². The van der Waals surface area contributed by atoms with E-state index in [0.717, 1.165) is 0 Å². The smallest absolute Gasteiger partial charge is 0.238 e. The first-order valence-electron chi connectivity index (χ1n) is 5.53. The van der Waals surface area contributed by atoms with Crippen molar-refractivity contribution < 1.29 is 4.79 Å². The largest absolute Gasteiger partial charge is 0.392 e. The number of amides is 1. The van der Waals surface area contributed by atoms with Crippen LogP contribution < -0.4 is 11.1 Å². The van der Waals surface area contributed by atoms with Crippen LogP contribution in [0.5, 0.6) is 0 Å². The van der Waals surface area contributed by atoms with Crippen LogP contribution in [-0.4, -0.2) is 20.9 Å². The van der Waals surface area contributed by atoms with Crippen molar-refractivity contribution in [2.45, 2.75) is 19.8 Å². The summed E-state index contributed by atoms with van der Waals surface area (Å²) in [5, 5.41) is 2.71. The first-order valence-corrected chi connectivity index (χ1v) is 6.73. The Morgan fingerprint density at radius 3 is 2.67 bits per heavy atom. The lowest BCUT2D eigenvalue weighted by atomic mass is 9.62. The van der Waals surface area contributed by atoms with E-state index in [0.29, 0.717) is 29.2 Å². The average molecular weight is 329 g/mol. The van der Waals surface area contributed by atoms with Crippen LogP contribution in [0.1, 0.15) is 19.8 Å². The standard InChI is InChI=1S/C11H13BrN4OS/c1-6-2-11(3-6,9(13)18)10(17)16-8-5-14-7(12)4-15-8/h4-6H,2-3H2,1H3,(H2,13,18)(H,15,16,17). The fourth-order valence-corrected chi connectivity index (χ4v) is 2.71. The van der Waals surface area contributed by atoms with Gasteiger partial charge >= 0.3 is 0 Å². The van der Waals surface area contributed by atoms with E-state index in [4.69, 9.17) is 18.0 Å². The normalized spacial score (nSPS) is 26.2. The van der Waals surface area contributed by atoms with E-state index < -0.39 is 5.41 Å². The van der Waals surface area contributed by atoms with Gasteiger partial charge < -0.3 is 11.1 Å². The van der Waals surface area contributed by atoms with E-state index in [-0.39, 0.29) is 10.9 Å². The first-order chi connectivity index (χ1) is 8.44. The first kappa shape index (κ1) is 13.4. The monoisotopic (exact) mass is 328 g/mol. The molecule has 0 atom stereocenters. The maximum Gasteiger partial charge on any atom is 0.238 e. The number of nitrogens with zero attached hydrogens (tertiary/aromatic N) is 2. The summed E-state index contributed by atoms with van der Waals surface area (Å²) in [6, 6.07) is 0. The molecule has 0 aliphatic heterocycles.